The molecule has 0 radical (unpaired) electrons. The van der Waals surface area contributed by atoms with E-state index in [0.29, 0.717) is 32.2 Å². The van der Waals surface area contributed by atoms with Crippen LogP contribution < -0.4 is 0 Å². The molecule has 0 spiro atoms. The van der Waals surface area contributed by atoms with E-state index in [0.717, 1.165) is 10.3 Å². The topological polar surface area (TPSA) is 98.5 Å². The van der Waals surface area contributed by atoms with Crippen molar-refractivity contribution in [3.8, 4) is 6.07 Å². The first-order valence-corrected chi connectivity index (χ1v) is 12.2. The molecule has 2 aliphatic rings. The number of carbonyl (C=O) groups excluding carboxylic acids is 4. The Morgan fingerprint density at radius 3 is 1.50 bits per heavy atom. The third-order valence-electron chi connectivity index (χ3n) is 7.46. The molecule has 2 aliphatic heterocycles. The van der Waals surface area contributed by atoms with E-state index in [1.54, 1.807) is 60.7 Å². The maximum Gasteiger partial charge on any atom is 0.262 e. The van der Waals surface area contributed by atoms with Gasteiger partial charge >= 0.3 is 0 Å². The van der Waals surface area contributed by atoms with Gasteiger partial charge in [0.15, 0.2) is 5.54 Å². The third kappa shape index (κ3) is 3.18. The van der Waals surface area contributed by atoms with Crippen molar-refractivity contribution in [2.24, 2.45) is 0 Å². The van der Waals surface area contributed by atoms with Crippen LogP contribution in [0.15, 0.2) is 72.8 Å². The van der Waals surface area contributed by atoms with Gasteiger partial charge in [-0.2, -0.15) is 5.26 Å². The Hall–Kier alpha value is -4.90. The van der Waals surface area contributed by atoms with Crippen molar-refractivity contribution >= 4 is 45.2 Å². The van der Waals surface area contributed by atoms with E-state index in [2.05, 4.69) is 0 Å². The molecule has 0 aliphatic carbocycles. The molecular weight excluding hydrogens is 485 g/mol. The molecule has 0 aromatic heterocycles. The van der Waals surface area contributed by atoms with Crippen LogP contribution in [0.4, 0.5) is 4.39 Å². The molecule has 8 heteroatoms. The van der Waals surface area contributed by atoms with Gasteiger partial charge in [0.25, 0.3) is 23.6 Å². The van der Waals surface area contributed by atoms with Crippen LogP contribution >= 0.6 is 0 Å². The minimum Gasteiger partial charge on any atom is -0.274 e. The van der Waals surface area contributed by atoms with E-state index in [9.17, 15) is 28.8 Å². The Morgan fingerprint density at radius 2 is 1.11 bits per heavy atom. The lowest BCUT2D eigenvalue weighted by Gasteiger charge is -2.38. The summed E-state index contributed by atoms with van der Waals surface area (Å²) in [4.78, 5) is 55.1. The summed E-state index contributed by atoms with van der Waals surface area (Å²) in [5, 5.41) is 12.6. The summed E-state index contributed by atoms with van der Waals surface area (Å²) in [6.45, 7) is -1.39. The largest absolute Gasteiger partial charge is 0.274 e. The molecule has 6 rings (SSSR count). The molecule has 2 heterocycles. The highest BCUT2D eigenvalue weighted by Gasteiger charge is 2.48. The number of imide groups is 2. The van der Waals surface area contributed by atoms with Crippen LogP contribution in [0.2, 0.25) is 0 Å². The van der Waals surface area contributed by atoms with Crippen molar-refractivity contribution in [3.63, 3.8) is 0 Å². The van der Waals surface area contributed by atoms with Crippen LogP contribution in [0.25, 0.3) is 21.5 Å². The number of nitrogens with zero attached hydrogens (tertiary/aromatic N) is 3. The second-order valence-electron chi connectivity index (χ2n) is 9.51. The van der Waals surface area contributed by atoms with Crippen molar-refractivity contribution in [1.82, 2.24) is 9.80 Å². The smallest absolute Gasteiger partial charge is 0.262 e. The number of benzene rings is 4. The van der Waals surface area contributed by atoms with Crippen LogP contribution in [-0.2, 0) is 0 Å². The maximum absolute atomic E-state index is 14.7. The second-order valence-corrected chi connectivity index (χ2v) is 9.51. The van der Waals surface area contributed by atoms with Gasteiger partial charge in [0.05, 0.1) is 6.07 Å². The SMILES string of the molecule is N#CC(CF)(CCCN1C(=O)c2cccc3cccc(c23)C1=O)N1C(=O)c2cccc3cccc(c23)C1=O. The lowest BCUT2D eigenvalue weighted by molar-refractivity contribution is 0.0384. The molecule has 7 nitrogen and oxygen atoms in total. The summed E-state index contributed by atoms with van der Waals surface area (Å²) in [6.07, 6.45) is -0.242. The standard InChI is InChI=1S/C30H20FN3O4/c31-16-30(17-32,34-28(37)22-12-3-8-19-9-4-13-23(25(19)22)29(34)38)14-5-15-33-26(35)20-10-1-6-18-7-2-11-21(24(18)20)27(33)36/h1-4,6-13H,5,14-16H2. The van der Waals surface area contributed by atoms with Gasteiger partial charge < -0.3 is 0 Å². The first kappa shape index (κ1) is 23.5. The summed E-state index contributed by atoms with van der Waals surface area (Å²) in [5.74, 6) is -2.45. The van der Waals surface area contributed by atoms with Gasteiger partial charge in [-0.3, -0.25) is 29.0 Å². The van der Waals surface area contributed by atoms with Crippen LogP contribution in [0.1, 0.15) is 54.3 Å². The van der Waals surface area contributed by atoms with Crippen LogP contribution in [-0.4, -0.2) is 52.2 Å². The number of amides is 4. The predicted molar refractivity (Wildman–Crippen MR) is 137 cm³/mol. The molecule has 4 amide bonds. The minimum absolute atomic E-state index is 0.00993. The molecule has 0 bridgehead atoms. The molecule has 1 atom stereocenters. The van der Waals surface area contributed by atoms with Gasteiger partial charge in [0.1, 0.15) is 6.67 Å². The highest BCUT2D eigenvalue weighted by atomic mass is 19.1. The molecule has 0 fully saturated rings. The highest BCUT2D eigenvalue weighted by molar-refractivity contribution is 6.26. The maximum atomic E-state index is 14.7. The number of nitriles is 1. The Labute approximate surface area is 216 Å². The fourth-order valence-corrected chi connectivity index (χ4v) is 5.61. The molecule has 4 aromatic rings. The first-order chi connectivity index (χ1) is 18.4. The van der Waals surface area contributed by atoms with E-state index < -0.39 is 35.8 Å². The lowest BCUT2D eigenvalue weighted by Crippen LogP contribution is -2.57. The fourth-order valence-electron chi connectivity index (χ4n) is 5.61. The van der Waals surface area contributed by atoms with Gasteiger partial charge in [-0.1, -0.05) is 48.5 Å². The molecule has 0 saturated carbocycles. The van der Waals surface area contributed by atoms with Crippen molar-refractivity contribution in [2.45, 2.75) is 18.4 Å². The number of carbonyl (C=O) groups is 4. The van der Waals surface area contributed by atoms with Gasteiger partial charge in [-0.15, -0.1) is 0 Å². The Morgan fingerprint density at radius 1 is 0.684 bits per heavy atom. The van der Waals surface area contributed by atoms with Crippen molar-refractivity contribution < 1.29 is 23.6 Å². The summed E-state index contributed by atoms with van der Waals surface area (Å²) >= 11 is 0. The average Bonchev–Trinajstić information content (AvgIpc) is 2.95. The van der Waals surface area contributed by atoms with Gasteiger partial charge in [0.2, 0.25) is 0 Å². The average molecular weight is 506 g/mol. The monoisotopic (exact) mass is 505 g/mol. The summed E-state index contributed by atoms with van der Waals surface area (Å²) in [5.41, 5.74) is -0.876. The van der Waals surface area contributed by atoms with Gasteiger partial charge in [0, 0.05) is 39.6 Å². The van der Waals surface area contributed by atoms with Crippen LogP contribution in [0.5, 0.6) is 0 Å². The summed E-state index contributed by atoms with van der Waals surface area (Å²) in [7, 11) is 0. The predicted octanol–water partition coefficient (Wildman–Crippen LogP) is 4.90. The molecule has 1 unspecified atom stereocenters. The highest BCUT2D eigenvalue weighted by Crippen LogP contribution is 2.36. The fraction of sp³-hybridized carbons (Fsp3) is 0.167. The second kappa shape index (κ2) is 8.60. The molecular formula is C30H20FN3O4. The Kier molecular flexibility index (Phi) is 5.31. The van der Waals surface area contributed by atoms with Gasteiger partial charge in [-0.25, -0.2) is 4.39 Å². The molecule has 0 N–H and O–H groups in total. The zero-order valence-electron chi connectivity index (χ0n) is 20.1. The van der Waals surface area contributed by atoms with E-state index in [1.807, 2.05) is 18.2 Å². The molecule has 4 aromatic carbocycles. The normalized spacial score (nSPS) is 16.2. The van der Waals surface area contributed by atoms with Crippen molar-refractivity contribution in [3.05, 3.63) is 95.1 Å². The van der Waals surface area contributed by atoms with E-state index >= 15 is 0 Å². The Bertz CT molecular complexity index is 1660. The van der Waals surface area contributed by atoms with E-state index in [-0.39, 0.29) is 30.5 Å². The quantitative estimate of drug-likeness (QED) is 0.347. The molecule has 0 saturated heterocycles. The van der Waals surface area contributed by atoms with Crippen molar-refractivity contribution in [2.75, 3.05) is 13.2 Å². The van der Waals surface area contributed by atoms with Crippen molar-refractivity contribution in [1.29, 1.82) is 5.26 Å². The third-order valence-corrected chi connectivity index (χ3v) is 7.46. The lowest BCUT2D eigenvalue weighted by atomic mass is 9.87. The number of rotatable bonds is 6. The van der Waals surface area contributed by atoms with E-state index in [4.69, 9.17) is 0 Å². The summed E-state index contributed by atoms with van der Waals surface area (Å²) in [6, 6.07) is 22.3. The van der Waals surface area contributed by atoms with Crippen LogP contribution in [0.3, 0.4) is 0 Å². The summed E-state index contributed by atoms with van der Waals surface area (Å²) < 4.78 is 14.7. The molecule has 186 valence electrons. The van der Waals surface area contributed by atoms with Crippen LogP contribution in [0, 0.1) is 11.3 Å². The zero-order valence-corrected chi connectivity index (χ0v) is 20.1. The number of hydrogen-bond acceptors (Lipinski definition) is 5. The number of alkyl halides is 1. The van der Waals surface area contributed by atoms with E-state index in [1.165, 1.54) is 0 Å². The number of halogens is 1. The van der Waals surface area contributed by atoms with Gasteiger partial charge in [-0.05, 0) is 47.9 Å². The first-order valence-electron chi connectivity index (χ1n) is 12.2. The minimum atomic E-state index is -2.09. The number of hydrogen-bond donors (Lipinski definition) is 0. The molecule has 38 heavy (non-hydrogen) atoms. The Balaban J connectivity index is 1.29. The zero-order chi connectivity index (χ0) is 26.6.